The maximum Gasteiger partial charge on any atom is 0.0406 e. The Morgan fingerprint density at radius 2 is 2.00 bits per heavy atom. The van der Waals surface area contributed by atoms with E-state index in [1.165, 1.54) is 12.0 Å². The lowest BCUT2D eigenvalue weighted by atomic mass is 10.0. The van der Waals surface area contributed by atoms with Gasteiger partial charge in [-0.2, -0.15) is 0 Å². The van der Waals surface area contributed by atoms with Crippen molar-refractivity contribution < 1.29 is 0 Å². The topological polar surface area (TPSA) is 12.0 Å². The smallest absolute Gasteiger partial charge is 0.0406 e. The fraction of sp³-hybridized carbons (Fsp3) is 0.467. The van der Waals surface area contributed by atoms with Crippen molar-refractivity contribution in [1.29, 1.82) is 0 Å². The van der Waals surface area contributed by atoms with Crippen LogP contribution in [-0.2, 0) is 0 Å². The lowest BCUT2D eigenvalue weighted by molar-refractivity contribution is 0.501. The Kier molecular flexibility index (Phi) is 6.77. The van der Waals surface area contributed by atoms with Gasteiger partial charge in [0.2, 0.25) is 0 Å². The predicted octanol–water partition coefficient (Wildman–Crippen LogP) is 4.18. The van der Waals surface area contributed by atoms with Gasteiger partial charge in [-0.25, -0.2) is 0 Å². The molecule has 0 spiro atoms. The molecular formula is C15H20ClN. The zero-order chi connectivity index (χ0) is 12.5. The molecule has 0 aromatic heterocycles. The van der Waals surface area contributed by atoms with Crippen LogP contribution in [0.2, 0.25) is 5.02 Å². The van der Waals surface area contributed by atoms with Gasteiger partial charge in [0.15, 0.2) is 0 Å². The Morgan fingerprint density at radius 1 is 1.29 bits per heavy atom. The van der Waals surface area contributed by atoms with E-state index in [0.717, 1.165) is 24.4 Å². The van der Waals surface area contributed by atoms with Crippen LogP contribution in [0.4, 0.5) is 0 Å². The van der Waals surface area contributed by atoms with Gasteiger partial charge in [0.25, 0.3) is 0 Å². The third kappa shape index (κ3) is 5.26. The summed E-state index contributed by atoms with van der Waals surface area (Å²) in [6.45, 7) is 5.02. The average molecular weight is 250 g/mol. The monoisotopic (exact) mass is 249 g/mol. The van der Waals surface area contributed by atoms with Gasteiger partial charge in [-0.05, 0) is 31.0 Å². The number of rotatable bonds is 6. The van der Waals surface area contributed by atoms with E-state index in [4.69, 9.17) is 11.6 Å². The van der Waals surface area contributed by atoms with Gasteiger partial charge < -0.3 is 5.32 Å². The van der Waals surface area contributed by atoms with Crippen LogP contribution in [0.5, 0.6) is 0 Å². The molecule has 1 rings (SSSR count). The van der Waals surface area contributed by atoms with Crippen LogP contribution in [0.15, 0.2) is 24.3 Å². The van der Waals surface area contributed by atoms with Crippen molar-refractivity contribution in [3.05, 3.63) is 34.9 Å². The molecule has 0 radical (unpaired) electrons. The highest BCUT2D eigenvalue weighted by molar-refractivity contribution is 6.30. The van der Waals surface area contributed by atoms with Gasteiger partial charge in [-0.15, -0.1) is 11.8 Å². The third-order valence-corrected chi connectivity index (χ3v) is 2.92. The number of hydrogen-bond acceptors (Lipinski definition) is 1. The molecule has 0 bridgehead atoms. The highest BCUT2D eigenvalue weighted by Crippen LogP contribution is 2.20. The normalized spacial score (nSPS) is 11.7. The molecule has 1 N–H and O–H groups in total. The SMILES string of the molecule is CC#CCCNC(CCC)c1ccc(Cl)cc1. The molecule has 2 heteroatoms. The second kappa shape index (κ2) is 8.17. The summed E-state index contributed by atoms with van der Waals surface area (Å²) in [6.07, 6.45) is 3.21. The highest BCUT2D eigenvalue weighted by atomic mass is 35.5. The number of benzene rings is 1. The first-order valence-electron chi connectivity index (χ1n) is 6.16. The molecule has 0 aliphatic carbocycles. The van der Waals surface area contributed by atoms with Crippen LogP contribution in [-0.4, -0.2) is 6.54 Å². The van der Waals surface area contributed by atoms with Crippen LogP contribution < -0.4 is 5.32 Å². The van der Waals surface area contributed by atoms with Crippen LogP contribution >= 0.6 is 11.6 Å². The van der Waals surface area contributed by atoms with Crippen LogP contribution in [0.3, 0.4) is 0 Å². The van der Waals surface area contributed by atoms with Crippen LogP contribution in [0.1, 0.15) is 44.7 Å². The molecule has 92 valence electrons. The molecule has 0 saturated carbocycles. The Hall–Kier alpha value is -0.970. The number of nitrogens with one attached hydrogen (secondary N) is 1. The molecule has 1 nitrogen and oxygen atoms in total. The van der Waals surface area contributed by atoms with E-state index in [1.807, 2.05) is 19.1 Å². The summed E-state index contributed by atoms with van der Waals surface area (Å²) < 4.78 is 0. The van der Waals surface area contributed by atoms with Gasteiger partial charge in [0.05, 0.1) is 0 Å². The molecule has 1 aromatic carbocycles. The summed E-state index contributed by atoms with van der Waals surface area (Å²) in [6, 6.07) is 8.51. The van der Waals surface area contributed by atoms with Crippen molar-refractivity contribution in [3.8, 4) is 11.8 Å². The molecule has 0 aliphatic rings. The zero-order valence-electron chi connectivity index (χ0n) is 10.6. The Morgan fingerprint density at radius 3 is 2.59 bits per heavy atom. The van der Waals surface area contributed by atoms with Crippen molar-refractivity contribution in [2.24, 2.45) is 0 Å². The van der Waals surface area contributed by atoms with Gasteiger partial charge in [0, 0.05) is 24.0 Å². The van der Waals surface area contributed by atoms with Crippen molar-refractivity contribution in [3.63, 3.8) is 0 Å². The molecule has 0 fully saturated rings. The maximum atomic E-state index is 5.90. The molecule has 1 atom stereocenters. The van der Waals surface area contributed by atoms with Crippen molar-refractivity contribution in [2.45, 2.75) is 39.2 Å². The Balaban J connectivity index is 2.57. The fourth-order valence-corrected chi connectivity index (χ4v) is 1.93. The van der Waals surface area contributed by atoms with Gasteiger partial charge >= 0.3 is 0 Å². The van der Waals surface area contributed by atoms with Crippen molar-refractivity contribution in [2.75, 3.05) is 6.54 Å². The van der Waals surface area contributed by atoms with Crippen LogP contribution in [0.25, 0.3) is 0 Å². The summed E-state index contributed by atoms with van der Waals surface area (Å²) in [5, 5.41) is 4.34. The maximum absolute atomic E-state index is 5.90. The number of hydrogen-bond donors (Lipinski definition) is 1. The van der Waals surface area contributed by atoms with E-state index in [0.29, 0.717) is 6.04 Å². The van der Waals surface area contributed by atoms with E-state index in [1.54, 1.807) is 0 Å². The lowest BCUT2D eigenvalue weighted by Gasteiger charge is -2.18. The average Bonchev–Trinajstić information content (AvgIpc) is 2.34. The minimum Gasteiger partial charge on any atom is -0.309 e. The Labute approximate surface area is 110 Å². The quantitative estimate of drug-likeness (QED) is 0.589. The largest absolute Gasteiger partial charge is 0.309 e. The summed E-state index contributed by atoms with van der Waals surface area (Å²) >= 11 is 5.90. The summed E-state index contributed by atoms with van der Waals surface area (Å²) in [5.41, 5.74) is 1.31. The second-order valence-corrected chi connectivity index (χ2v) is 4.46. The first kappa shape index (κ1) is 14.1. The minimum absolute atomic E-state index is 0.413. The highest BCUT2D eigenvalue weighted by Gasteiger charge is 2.08. The van der Waals surface area contributed by atoms with Gasteiger partial charge in [-0.1, -0.05) is 37.1 Å². The lowest BCUT2D eigenvalue weighted by Crippen LogP contribution is -2.22. The third-order valence-electron chi connectivity index (χ3n) is 2.67. The van der Waals surface area contributed by atoms with E-state index in [-0.39, 0.29) is 0 Å². The van der Waals surface area contributed by atoms with E-state index < -0.39 is 0 Å². The standard InChI is InChI=1S/C15H20ClN/c1-3-5-6-12-17-15(7-4-2)13-8-10-14(16)11-9-13/h8-11,15,17H,4,6-7,12H2,1-2H3. The second-order valence-electron chi connectivity index (χ2n) is 4.02. The van der Waals surface area contributed by atoms with Crippen molar-refractivity contribution >= 4 is 11.6 Å². The van der Waals surface area contributed by atoms with Gasteiger partial charge in [0.1, 0.15) is 0 Å². The van der Waals surface area contributed by atoms with E-state index >= 15 is 0 Å². The van der Waals surface area contributed by atoms with Crippen molar-refractivity contribution in [1.82, 2.24) is 5.32 Å². The summed E-state index contributed by atoms with van der Waals surface area (Å²) in [7, 11) is 0. The Bertz CT molecular complexity index is 372. The minimum atomic E-state index is 0.413. The first-order chi connectivity index (χ1) is 8.27. The molecule has 0 saturated heterocycles. The molecule has 17 heavy (non-hydrogen) atoms. The molecule has 1 unspecified atom stereocenters. The summed E-state index contributed by atoms with van der Waals surface area (Å²) in [4.78, 5) is 0. The summed E-state index contributed by atoms with van der Waals surface area (Å²) in [5.74, 6) is 5.99. The molecule has 0 amide bonds. The van der Waals surface area contributed by atoms with E-state index in [9.17, 15) is 0 Å². The first-order valence-corrected chi connectivity index (χ1v) is 6.54. The van der Waals surface area contributed by atoms with E-state index in [2.05, 4.69) is 36.2 Å². The fourth-order valence-electron chi connectivity index (χ4n) is 1.80. The molecule has 0 heterocycles. The van der Waals surface area contributed by atoms with Crippen LogP contribution in [0, 0.1) is 11.8 Å². The molecule has 1 aromatic rings. The molecule has 0 aliphatic heterocycles. The molecular weight excluding hydrogens is 230 g/mol. The number of halogens is 1. The zero-order valence-corrected chi connectivity index (χ0v) is 11.3. The van der Waals surface area contributed by atoms with Gasteiger partial charge in [-0.3, -0.25) is 0 Å². The predicted molar refractivity (Wildman–Crippen MR) is 75.2 cm³/mol.